The molecule has 1 saturated heterocycles. The second kappa shape index (κ2) is 6.99. The number of halogens is 1. The molecule has 2 aromatic rings. The Bertz CT molecular complexity index is 801. The van der Waals surface area contributed by atoms with Crippen LogP contribution in [0.3, 0.4) is 0 Å². The maximum Gasteiger partial charge on any atom is 0.222 e. The van der Waals surface area contributed by atoms with Crippen molar-refractivity contribution < 1.29 is 13.2 Å². The number of carbonyl (C=O) groups excluding carboxylic acids is 1. The van der Waals surface area contributed by atoms with E-state index in [1.165, 1.54) is 0 Å². The fourth-order valence-electron chi connectivity index (χ4n) is 3.01. The van der Waals surface area contributed by atoms with Crippen LogP contribution < -0.4 is 5.32 Å². The molecule has 2 heterocycles. The van der Waals surface area contributed by atoms with Gasteiger partial charge in [-0.05, 0) is 36.2 Å². The van der Waals surface area contributed by atoms with E-state index in [-0.39, 0.29) is 35.9 Å². The maximum absolute atomic E-state index is 12.4. The Morgan fingerprint density at radius 3 is 2.50 bits per heavy atom. The van der Waals surface area contributed by atoms with Gasteiger partial charge in [0, 0.05) is 23.5 Å². The fraction of sp³-hybridized carbons (Fsp3) is 0.353. The Labute approximate surface area is 146 Å². The number of benzene rings is 1. The topological polar surface area (TPSA) is 68.2 Å². The van der Waals surface area contributed by atoms with E-state index < -0.39 is 9.84 Å². The number of hydrogen-bond acceptors (Lipinski definition) is 3. The Morgan fingerprint density at radius 1 is 1.25 bits per heavy atom. The van der Waals surface area contributed by atoms with Crippen LogP contribution in [0.5, 0.6) is 0 Å². The van der Waals surface area contributed by atoms with Gasteiger partial charge in [-0.15, -0.1) is 0 Å². The van der Waals surface area contributed by atoms with E-state index >= 15 is 0 Å². The highest BCUT2D eigenvalue weighted by molar-refractivity contribution is 7.91. The summed E-state index contributed by atoms with van der Waals surface area (Å²) in [6.45, 7) is 0. The van der Waals surface area contributed by atoms with Crippen molar-refractivity contribution in [2.45, 2.75) is 24.9 Å². The van der Waals surface area contributed by atoms with Crippen LogP contribution >= 0.6 is 11.6 Å². The summed E-state index contributed by atoms with van der Waals surface area (Å²) >= 11 is 5.94. The third-order valence-electron chi connectivity index (χ3n) is 4.22. The first-order chi connectivity index (χ1) is 11.4. The second-order valence-corrected chi connectivity index (χ2v) is 8.73. The zero-order chi connectivity index (χ0) is 17.2. The lowest BCUT2D eigenvalue weighted by Gasteiger charge is -2.20. The third kappa shape index (κ3) is 4.19. The number of amides is 1. The van der Waals surface area contributed by atoms with Crippen molar-refractivity contribution in [3.63, 3.8) is 0 Å². The smallest absolute Gasteiger partial charge is 0.222 e. The molecule has 1 amide bonds. The maximum atomic E-state index is 12.4. The molecule has 0 radical (unpaired) electrons. The van der Waals surface area contributed by atoms with Gasteiger partial charge >= 0.3 is 0 Å². The molecular formula is C17H19ClN2O3S. The molecule has 1 N–H and O–H groups in total. The number of carbonyl (C=O) groups is 1. The van der Waals surface area contributed by atoms with Crippen LogP contribution in [0.4, 0.5) is 0 Å². The lowest BCUT2D eigenvalue weighted by Crippen LogP contribution is -2.36. The molecule has 1 aromatic heterocycles. The Morgan fingerprint density at radius 2 is 1.92 bits per heavy atom. The molecule has 128 valence electrons. The number of rotatable bonds is 5. The van der Waals surface area contributed by atoms with Crippen molar-refractivity contribution in [1.29, 1.82) is 0 Å². The molecule has 1 aliphatic heterocycles. The minimum Gasteiger partial charge on any atom is -0.352 e. The number of hydrogen-bond donors (Lipinski definition) is 1. The summed E-state index contributed by atoms with van der Waals surface area (Å²) in [5, 5.41) is 3.49. The van der Waals surface area contributed by atoms with Gasteiger partial charge < -0.3 is 9.88 Å². The average Bonchev–Trinajstić information content (AvgIpc) is 3.16. The molecule has 0 unspecified atom stereocenters. The highest BCUT2D eigenvalue weighted by Crippen LogP contribution is 2.24. The predicted octanol–water partition coefficient (Wildman–Crippen LogP) is 2.42. The molecule has 1 aromatic carbocycles. The minimum absolute atomic E-state index is 0.0356. The molecule has 7 heteroatoms. The summed E-state index contributed by atoms with van der Waals surface area (Å²) in [7, 11) is -3.00. The lowest BCUT2D eigenvalue weighted by molar-refractivity contribution is -0.122. The summed E-state index contributed by atoms with van der Waals surface area (Å²) < 4.78 is 25.0. The summed E-state index contributed by atoms with van der Waals surface area (Å²) in [6, 6.07) is 10.8. The van der Waals surface area contributed by atoms with E-state index in [2.05, 4.69) is 5.32 Å². The summed E-state index contributed by atoms with van der Waals surface area (Å²) in [5.41, 5.74) is 0.977. The first kappa shape index (κ1) is 17.0. The molecule has 0 aliphatic carbocycles. The number of sulfone groups is 1. The number of nitrogens with one attached hydrogen (secondary N) is 1. The van der Waals surface area contributed by atoms with Crippen LogP contribution in [-0.4, -0.2) is 36.4 Å². The summed E-state index contributed by atoms with van der Waals surface area (Å²) in [4.78, 5) is 12.4. The standard InChI is InChI=1S/C17H19ClN2O3S/c18-14-5-3-13(4-6-14)16(20-8-1-2-9-20)11-17(21)19-15-7-10-24(22,23)12-15/h1-6,8-9,15-16H,7,10-12H2,(H,19,21)/t15-,16+/m1/s1. The summed E-state index contributed by atoms with van der Waals surface area (Å²) in [5.74, 6) is 0.0371. The molecule has 1 aliphatic rings. The third-order valence-corrected chi connectivity index (χ3v) is 6.24. The molecule has 3 rings (SSSR count). The van der Waals surface area contributed by atoms with Crippen LogP contribution in [0.2, 0.25) is 5.02 Å². The Kier molecular flexibility index (Phi) is 4.96. The molecule has 0 saturated carbocycles. The minimum atomic E-state index is -3.00. The normalized spacial score (nSPS) is 20.6. The molecular weight excluding hydrogens is 348 g/mol. The van der Waals surface area contributed by atoms with Gasteiger partial charge in [0.1, 0.15) is 0 Å². The van der Waals surface area contributed by atoms with Crippen LogP contribution in [0.1, 0.15) is 24.4 Å². The zero-order valence-electron chi connectivity index (χ0n) is 13.1. The quantitative estimate of drug-likeness (QED) is 0.883. The van der Waals surface area contributed by atoms with Gasteiger partial charge in [0.15, 0.2) is 9.84 Å². The molecule has 2 atom stereocenters. The van der Waals surface area contributed by atoms with Crippen LogP contribution in [0.15, 0.2) is 48.8 Å². The molecule has 24 heavy (non-hydrogen) atoms. The lowest BCUT2D eigenvalue weighted by atomic mass is 10.0. The van der Waals surface area contributed by atoms with Crippen molar-refractivity contribution in [2.75, 3.05) is 11.5 Å². The van der Waals surface area contributed by atoms with Gasteiger partial charge in [0.25, 0.3) is 0 Å². The monoisotopic (exact) mass is 366 g/mol. The average molecular weight is 367 g/mol. The van der Waals surface area contributed by atoms with Crippen molar-refractivity contribution >= 4 is 27.3 Å². The SMILES string of the molecule is O=C(C[C@@H](c1ccc(Cl)cc1)n1cccc1)N[C@@H]1CCS(=O)(=O)C1. The highest BCUT2D eigenvalue weighted by atomic mass is 35.5. The van der Waals surface area contributed by atoms with Gasteiger partial charge in [-0.25, -0.2) is 8.42 Å². The van der Waals surface area contributed by atoms with E-state index in [9.17, 15) is 13.2 Å². The van der Waals surface area contributed by atoms with E-state index in [0.717, 1.165) is 5.56 Å². The molecule has 0 bridgehead atoms. The van der Waals surface area contributed by atoms with E-state index in [1.54, 1.807) is 12.1 Å². The van der Waals surface area contributed by atoms with Crippen molar-refractivity contribution in [2.24, 2.45) is 0 Å². The van der Waals surface area contributed by atoms with Crippen molar-refractivity contribution in [3.8, 4) is 0 Å². The van der Waals surface area contributed by atoms with Crippen LogP contribution in [0.25, 0.3) is 0 Å². The number of nitrogens with zero attached hydrogens (tertiary/aromatic N) is 1. The van der Waals surface area contributed by atoms with Gasteiger partial charge in [0.05, 0.1) is 24.0 Å². The predicted molar refractivity (Wildman–Crippen MR) is 93.8 cm³/mol. The molecule has 0 spiro atoms. The van der Waals surface area contributed by atoms with E-state index in [4.69, 9.17) is 11.6 Å². The highest BCUT2D eigenvalue weighted by Gasteiger charge is 2.29. The van der Waals surface area contributed by atoms with Crippen molar-refractivity contribution in [3.05, 3.63) is 59.4 Å². The van der Waals surface area contributed by atoms with Gasteiger partial charge in [-0.1, -0.05) is 23.7 Å². The largest absolute Gasteiger partial charge is 0.352 e. The Balaban J connectivity index is 1.72. The fourth-order valence-corrected chi connectivity index (χ4v) is 4.81. The van der Waals surface area contributed by atoms with Crippen LogP contribution in [-0.2, 0) is 14.6 Å². The molecule has 5 nitrogen and oxygen atoms in total. The van der Waals surface area contributed by atoms with Crippen molar-refractivity contribution in [1.82, 2.24) is 9.88 Å². The summed E-state index contributed by atoms with van der Waals surface area (Å²) in [6.07, 6.45) is 4.55. The first-order valence-electron chi connectivity index (χ1n) is 7.81. The van der Waals surface area contributed by atoms with E-state index in [0.29, 0.717) is 11.4 Å². The van der Waals surface area contributed by atoms with Gasteiger partial charge in [0.2, 0.25) is 5.91 Å². The first-order valence-corrected chi connectivity index (χ1v) is 10.0. The number of aromatic nitrogens is 1. The van der Waals surface area contributed by atoms with E-state index in [1.807, 2.05) is 41.2 Å². The van der Waals surface area contributed by atoms with Crippen LogP contribution in [0, 0.1) is 0 Å². The Hall–Kier alpha value is -1.79. The molecule has 1 fully saturated rings. The zero-order valence-corrected chi connectivity index (χ0v) is 14.6. The van der Waals surface area contributed by atoms with Gasteiger partial charge in [-0.3, -0.25) is 4.79 Å². The van der Waals surface area contributed by atoms with Gasteiger partial charge in [-0.2, -0.15) is 0 Å². The second-order valence-electron chi connectivity index (χ2n) is 6.07.